The molecule has 4 rings (SSSR count). The first-order chi connectivity index (χ1) is 11.7. The van der Waals surface area contributed by atoms with E-state index < -0.39 is 0 Å². The van der Waals surface area contributed by atoms with E-state index in [-0.39, 0.29) is 0 Å². The Balaban J connectivity index is 1.71. The number of aromatic nitrogens is 5. The average molecular weight is 328 g/mol. The van der Waals surface area contributed by atoms with E-state index >= 15 is 0 Å². The summed E-state index contributed by atoms with van der Waals surface area (Å²) in [6.45, 7) is 6.64. The summed E-state index contributed by atoms with van der Waals surface area (Å²) in [5, 5.41) is 9.72. The minimum absolute atomic E-state index is 0.445. The second kappa shape index (κ2) is 6.31. The number of rotatable bonds is 3. The highest BCUT2D eigenvalue weighted by atomic mass is 15.4. The van der Waals surface area contributed by atoms with E-state index in [0.29, 0.717) is 12.1 Å². The van der Waals surface area contributed by atoms with Crippen molar-refractivity contribution in [3.63, 3.8) is 0 Å². The molecule has 0 radical (unpaired) electrons. The number of aryl methyl sites for hydroxylation is 2. The molecule has 2 aliphatic heterocycles. The van der Waals surface area contributed by atoms with Crippen LogP contribution in [0.1, 0.15) is 63.1 Å². The van der Waals surface area contributed by atoms with Gasteiger partial charge in [-0.15, -0.1) is 0 Å². The van der Waals surface area contributed by atoms with Crippen molar-refractivity contribution in [2.24, 2.45) is 0 Å². The van der Waals surface area contributed by atoms with E-state index in [0.717, 1.165) is 56.1 Å². The van der Waals surface area contributed by atoms with Crippen LogP contribution in [0.25, 0.3) is 11.5 Å². The first-order valence-electron chi connectivity index (χ1n) is 9.38. The second-order valence-electron chi connectivity index (χ2n) is 7.39. The van der Waals surface area contributed by atoms with Crippen molar-refractivity contribution >= 4 is 0 Å². The number of hydrogen-bond donors (Lipinski definition) is 0. The molecule has 1 saturated heterocycles. The number of likely N-dealkylation sites (tertiary alicyclic amines) is 1. The molecule has 1 unspecified atom stereocenters. The molecule has 0 spiro atoms. The third-order valence-corrected chi connectivity index (χ3v) is 5.54. The molecular weight excluding hydrogens is 300 g/mol. The molecule has 6 nitrogen and oxygen atoms in total. The molecule has 0 aromatic carbocycles. The Hall–Kier alpha value is -1.69. The van der Waals surface area contributed by atoms with Crippen LogP contribution in [-0.2, 0) is 12.8 Å². The molecule has 1 atom stereocenters. The van der Waals surface area contributed by atoms with E-state index in [1.165, 1.54) is 18.5 Å². The van der Waals surface area contributed by atoms with Gasteiger partial charge in [0.05, 0.1) is 6.04 Å². The fourth-order valence-electron chi connectivity index (χ4n) is 4.00. The minimum Gasteiger partial charge on any atom is -0.306 e. The summed E-state index contributed by atoms with van der Waals surface area (Å²) < 4.78 is 4.38. The van der Waals surface area contributed by atoms with Gasteiger partial charge >= 0.3 is 0 Å². The van der Waals surface area contributed by atoms with Crippen LogP contribution in [0.5, 0.6) is 0 Å². The molecule has 0 bridgehead atoms. The number of hydrogen-bond acceptors (Lipinski definition) is 4. The van der Waals surface area contributed by atoms with Crippen LogP contribution >= 0.6 is 0 Å². The molecule has 2 aromatic heterocycles. The summed E-state index contributed by atoms with van der Waals surface area (Å²) in [5.41, 5.74) is 2.35. The standard InChI is InChI=1S/C18H28N6/c1-4-17-19-18(24(21-17)14-8-10-22(3)11-9-14)16-12-15-7-5-6-13(2)23(15)20-16/h12-14H,4-11H2,1-3H3. The van der Waals surface area contributed by atoms with Crippen molar-refractivity contribution in [2.75, 3.05) is 20.1 Å². The van der Waals surface area contributed by atoms with E-state index in [4.69, 9.17) is 15.2 Å². The molecule has 0 aliphatic carbocycles. The lowest BCUT2D eigenvalue weighted by atomic mass is 10.0. The van der Waals surface area contributed by atoms with Gasteiger partial charge in [-0.3, -0.25) is 4.68 Å². The molecule has 6 heteroatoms. The van der Waals surface area contributed by atoms with Gasteiger partial charge in [0.15, 0.2) is 11.6 Å². The minimum atomic E-state index is 0.445. The number of nitrogens with zero attached hydrogens (tertiary/aromatic N) is 6. The van der Waals surface area contributed by atoms with E-state index in [2.05, 4.69) is 41.2 Å². The SMILES string of the molecule is CCc1nc(-c2cc3n(n2)C(C)CCC3)n(C2CCN(C)CC2)n1. The average Bonchev–Trinajstić information content (AvgIpc) is 3.20. The van der Waals surface area contributed by atoms with Crippen molar-refractivity contribution in [2.45, 2.75) is 64.5 Å². The van der Waals surface area contributed by atoms with Gasteiger partial charge in [-0.05, 0) is 65.2 Å². The highest BCUT2D eigenvalue weighted by Gasteiger charge is 2.26. The van der Waals surface area contributed by atoms with Crippen LogP contribution in [0.15, 0.2) is 6.07 Å². The van der Waals surface area contributed by atoms with Crippen molar-refractivity contribution in [3.05, 3.63) is 17.6 Å². The third-order valence-electron chi connectivity index (χ3n) is 5.54. The quantitative estimate of drug-likeness (QED) is 0.869. The number of fused-ring (bicyclic) bond motifs is 1. The second-order valence-corrected chi connectivity index (χ2v) is 7.39. The Bertz CT molecular complexity index is 707. The van der Waals surface area contributed by atoms with Gasteiger partial charge in [-0.2, -0.15) is 10.2 Å². The lowest BCUT2D eigenvalue weighted by Gasteiger charge is -2.29. The van der Waals surface area contributed by atoms with E-state index in [9.17, 15) is 0 Å². The predicted octanol–water partition coefficient (Wildman–Crippen LogP) is 2.87. The Morgan fingerprint density at radius 3 is 2.62 bits per heavy atom. The van der Waals surface area contributed by atoms with Gasteiger partial charge in [0.25, 0.3) is 0 Å². The zero-order valence-electron chi connectivity index (χ0n) is 15.1. The Morgan fingerprint density at radius 1 is 1.12 bits per heavy atom. The maximum atomic E-state index is 4.90. The maximum absolute atomic E-state index is 4.90. The van der Waals surface area contributed by atoms with Gasteiger partial charge in [0.1, 0.15) is 5.69 Å². The van der Waals surface area contributed by atoms with Crippen LogP contribution < -0.4 is 0 Å². The lowest BCUT2D eigenvalue weighted by Crippen LogP contribution is -2.32. The molecule has 0 amide bonds. The predicted molar refractivity (Wildman–Crippen MR) is 94.0 cm³/mol. The van der Waals surface area contributed by atoms with Crippen molar-refractivity contribution in [1.82, 2.24) is 29.4 Å². The van der Waals surface area contributed by atoms with Gasteiger partial charge < -0.3 is 4.90 Å². The van der Waals surface area contributed by atoms with E-state index in [1.807, 2.05) is 0 Å². The van der Waals surface area contributed by atoms with Gasteiger partial charge in [-0.1, -0.05) is 6.92 Å². The Morgan fingerprint density at radius 2 is 1.92 bits per heavy atom. The first-order valence-corrected chi connectivity index (χ1v) is 9.38. The fourth-order valence-corrected chi connectivity index (χ4v) is 4.00. The van der Waals surface area contributed by atoms with Crippen LogP contribution in [0.4, 0.5) is 0 Å². The van der Waals surface area contributed by atoms with Crippen molar-refractivity contribution < 1.29 is 0 Å². The first kappa shape index (κ1) is 15.8. The summed E-state index contributed by atoms with van der Waals surface area (Å²) in [6, 6.07) is 3.18. The third kappa shape index (κ3) is 2.77. The van der Waals surface area contributed by atoms with Crippen LogP contribution in [0.3, 0.4) is 0 Å². The van der Waals surface area contributed by atoms with Gasteiger partial charge in [0, 0.05) is 18.2 Å². The fraction of sp³-hybridized carbons (Fsp3) is 0.722. The zero-order valence-corrected chi connectivity index (χ0v) is 15.1. The smallest absolute Gasteiger partial charge is 0.179 e. The van der Waals surface area contributed by atoms with Crippen molar-refractivity contribution in [1.29, 1.82) is 0 Å². The number of piperidine rings is 1. The molecule has 4 heterocycles. The van der Waals surface area contributed by atoms with Crippen LogP contribution in [-0.4, -0.2) is 49.6 Å². The highest BCUT2D eigenvalue weighted by Crippen LogP contribution is 2.30. The highest BCUT2D eigenvalue weighted by molar-refractivity contribution is 5.50. The van der Waals surface area contributed by atoms with Crippen molar-refractivity contribution in [3.8, 4) is 11.5 Å². The molecular formula is C18H28N6. The molecule has 0 N–H and O–H groups in total. The molecule has 0 saturated carbocycles. The summed E-state index contributed by atoms with van der Waals surface area (Å²) >= 11 is 0. The summed E-state index contributed by atoms with van der Waals surface area (Å²) in [7, 11) is 2.20. The topological polar surface area (TPSA) is 51.8 Å². The maximum Gasteiger partial charge on any atom is 0.179 e. The normalized spacial score (nSPS) is 22.7. The van der Waals surface area contributed by atoms with Crippen LogP contribution in [0.2, 0.25) is 0 Å². The van der Waals surface area contributed by atoms with Crippen LogP contribution in [0, 0.1) is 0 Å². The molecule has 1 fully saturated rings. The zero-order chi connectivity index (χ0) is 16.7. The molecule has 130 valence electrons. The Labute approximate surface area is 143 Å². The molecule has 2 aromatic rings. The summed E-state index contributed by atoms with van der Waals surface area (Å²) in [6.07, 6.45) is 6.75. The molecule has 24 heavy (non-hydrogen) atoms. The Kier molecular flexibility index (Phi) is 4.16. The van der Waals surface area contributed by atoms with Gasteiger partial charge in [-0.25, -0.2) is 9.67 Å². The largest absolute Gasteiger partial charge is 0.306 e. The summed E-state index contributed by atoms with van der Waals surface area (Å²) in [5.74, 6) is 1.90. The summed E-state index contributed by atoms with van der Waals surface area (Å²) in [4.78, 5) is 7.22. The van der Waals surface area contributed by atoms with E-state index in [1.54, 1.807) is 0 Å². The monoisotopic (exact) mass is 328 g/mol. The lowest BCUT2D eigenvalue weighted by molar-refractivity contribution is 0.213. The van der Waals surface area contributed by atoms with Gasteiger partial charge in [0.2, 0.25) is 0 Å². The molecule has 2 aliphatic rings.